The van der Waals surface area contributed by atoms with E-state index in [0.29, 0.717) is 96.2 Å². The van der Waals surface area contributed by atoms with Gasteiger partial charge in [-0.25, -0.2) is 38.9 Å². The van der Waals surface area contributed by atoms with Crippen molar-refractivity contribution in [3.8, 4) is 40.1 Å². The maximum absolute atomic E-state index is 14.0. The molecule has 37 heteroatoms. The topological polar surface area (TPSA) is 407 Å². The van der Waals surface area contributed by atoms with Gasteiger partial charge in [-0.2, -0.15) is 6.42 Å². The zero-order valence-corrected chi connectivity index (χ0v) is 89.9. The Morgan fingerprint density at radius 1 is 0.493 bits per heavy atom. The maximum Gasteiger partial charge on any atom is 1.00 e. The van der Waals surface area contributed by atoms with Crippen LogP contribution in [0.3, 0.4) is 0 Å². The summed E-state index contributed by atoms with van der Waals surface area (Å²) in [7, 11) is -1.45. The second-order valence-electron chi connectivity index (χ2n) is 35.9. The molecule has 3 aromatic heterocycles. The number of imidazole rings is 1. The number of unbranched alkanes of at least 4 members (excludes halogenated alkanes) is 1. The van der Waals surface area contributed by atoms with Crippen LogP contribution < -0.4 is 76.6 Å². The summed E-state index contributed by atoms with van der Waals surface area (Å²) in [6, 6.07) is 69.2. The molecule has 13 aromatic rings. The van der Waals surface area contributed by atoms with E-state index in [1.807, 2.05) is 167 Å². The van der Waals surface area contributed by atoms with E-state index >= 15 is 0 Å². The monoisotopic (exact) mass is 2090 g/mol. The van der Waals surface area contributed by atoms with Crippen LogP contribution in [-0.4, -0.2) is 168 Å². The predicted octanol–water partition coefficient (Wildman–Crippen LogP) is 16.3. The number of nitrogen functional groups attached to an aromatic ring is 2. The number of fused-ring (bicyclic) bond motifs is 2. The minimum atomic E-state index is -1.44. The summed E-state index contributed by atoms with van der Waals surface area (Å²) >= 11 is 6.75. The second kappa shape index (κ2) is 60.7. The van der Waals surface area contributed by atoms with Gasteiger partial charge in [-0.05, 0) is 298 Å². The minimum Gasteiger partial charge on any atom is -0.508 e. The predicted molar refractivity (Wildman–Crippen MR) is 582 cm³/mol. The number of nitrogens with two attached hydrogens (primary N) is 2. The molecule has 2 aliphatic rings. The second-order valence-corrected chi connectivity index (χ2v) is 37.6. The van der Waals surface area contributed by atoms with E-state index in [-0.39, 0.29) is 61.0 Å². The molecule has 10 aromatic carbocycles. The van der Waals surface area contributed by atoms with Gasteiger partial charge in [0, 0.05) is 71.5 Å². The van der Waals surface area contributed by atoms with Crippen molar-refractivity contribution in [3.63, 3.8) is 0 Å². The van der Waals surface area contributed by atoms with E-state index in [1.54, 1.807) is 177 Å². The molecule has 5 heterocycles. The molecule has 0 spiro atoms. The standard InChI is InChI=1S/C30H30N6O4.C18H21N5O3.C13H13BO3.C9H21BO3.C8H11BO2.C8H9Br.C7H7BrO.C6H7BO2.C4H8O.C4H9.Li/c1-19-16-23(39-22-12-7-6-8-13-22)14-15-24(19)36-25-26(31)32-18-33-27(25)35(28(36)37)21-11-9-10-20(17-21)34(5)29(38)40-30(2,3)4;1-18(2,3)26-17(25)22(4)11-6-5-7-12(8-11)23-14(24)9-13-15(19)20-10-21-16(13)23;1-10-9-12(7-8-13(10)14(15)16)17-11-5-3-2-4-6-11;1-7(2)11-10(12-8(3)4)13-9(5)6;1-6-3-4-8(9(10)11)7(2)5-6;1-6-3-4-8(9)7(2)5-6;1-5-4-6(9)2-3-7(5)8;8-7(9)6-4-2-1-3-5-6;1-2-4-5-3-1;1-3-4-2;/h6-18H,1-5H3,(H2,31,32,33);5-8,10H,9H2,1-4H3,(H2,19,20,21);2-9,15-16H,1H3;7-9H,1-6H3;3-5,10-11H,1-2H3;3-5H,1-2H3;2-4,9H,1H3;1-5,8-9H;1-4H2;1,3-4H2,2H3;/q;;;;;;;;;-1;+1. The smallest absolute Gasteiger partial charge is 0.508 e. The number of aromatic hydroxyl groups is 1. The van der Waals surface area contributed by atoms with Gasteiger partial charge < -0.3 is 91.3 Å². The van der Waals surface area contributed by atoms with Gasteiger partial charge in [0.1, 0.15) is 69.8 Å². The molecule has 1 fully saturated rings. The SMILES string of the molecule is C1CCOC1.CC(C)OB(OC(C)C)OC(C)C.CN(C(=O)OC(C)(C)C)c1cccc(N2C(=O)Cc3c(N)ncnc32)c1.Cc1cc(O)ccc1Br.Cc1cc(Oc2ccccc2)ccc1-n1c(=O)n(-c2cccc(N(C)C(=O)OC(C)(C)C)c2)c2ncnc(N)c21.Cc1cc(Oc2ccccc2)ccc1B(O)O.Cc1ccc(B(O)O)c(C)c1.Cc1ccc(Br)c(C)c1.OB(O)c1ccccc1.[CH2-]CCC.[Li+]. The number of ether oxygens (including phenoxy) is 5. The van der Waals surface area contributed by atoms with Crippen LogP contribution in [0, 0.1) is 55.4 Å². The largest absolute Gasteiger partial charge is 1.00 e. The van der Waals surface area contributed by atoms with Gasteiger partial charge in [0.2, 0.25) is 5.91 Å². The number of anilines is 6. The summed E-state index contributed by atoms with van der Waals surface area (Å²) in [5.41, 5.74) is 23.6. The van der Waals surface area contributed by atoms with Crippen LogP contribution in [0.15, 0.2) is 257 Å². The number of carbonyl (C=O) groups is 3. The van der Waals surface area contributed by atoms with Crippen LogP contribution in [0.5, 0.6) is 28.7 Å². The van der Waals surface area contributed by atoms with E-state index in [0.717, 1.165) is 57.7 Å². The molecule has 1 saturated heterocycles. The Bertz CT molecular complexity index is 6140. The Balaban J connectivity index is 0.000000304. The number of para-hydroxylation sites is 2. The van der Waals surface area contributed by atoms with E-state index in [9.17, 15) is 19.2 Å². The van der Waals surface area contributed by atoms with Gasteiger partial charge in [0.05, 0.1) is 23.5 Å². The van der Waals surface area contributed by atoms with Crippen LogP contribution in [0.1, 0.15) is 160 Å². The van der Waals surface area contributed by atoms with Gasteiger partial charge in [-0.1, -0.05) is 177 Å². The van der Waals surface area contributed by atoms with Crippen molar-refractivity contribution >= 4 is 141 Å². The number of phenolic OH excluding ortho intramolecular Hbond substituents is 1. The number of hydrogen-bond acceptors (Lipinski definition) is 25. The molecular weight excluding hydrogens is 1950 g/mol. The van der Waals surface area contributed by atoms with Crippen LogP contribution in [0.25, 0.3) is 22.5 Å². The number of halogens is 2. The summed E-state index contributed by atoms with van der Waals surface area (Å²) in [5.74, 6) is 3.87. The first-order chi connectivity index (χ1) is 67.5. The molecule has 144 heavy (non-hydrogen) atoms. The molecular formula is C107H136B4Br2LiN11O19. The van der Waals surface area contributed by atoms with Gasteiger partial charge in [-0.15, -0.1) is 0 Å². The molecule has 0 aliphatic carbocycles. The van der Waals surface area contributed by atoms with Crippen LogP contribution in [0.2, 0.25) is 0 Å². The fourth-order valence-corrected chi connectivity index (χ4v) is 13.6. The average molecular weight is 2090 g/mol. The van der Waals surface area contributed by atoms with Crippen molar-refractivity contribution in [2.24, 2.45) is 0 Å². The summed E-state index contributed by atoms with van der Waals surface area (Å²) in [4.78, 5) is 72.4. The first-order valence-corrected chi connectivity index (χ1v) is 48.3. The number of aromatic nitrogens is 6. The summed E-state index contributed by atoms with van der Waals surface area (Å²) < 4.78 is 48.9. The van der Waals surface area contributed by atoms with Crippen molar-refractivity contribution in [2.45, 2.75) is 200 Å². The Labute approximate surface area is 877 Å². The summed E-state index contributed by atoms with van der Waals surface area (Å²) in [6.45, 7) is 44.0. The fraction of sp³-hybridized carbons (Fsp3) is 0.318. The Kier molecular flexibility index (Phi) is 51.7. The summed E-state index contributed by atoms with van der Waals surface area (Å²) in [5, 5.41) is 62.0. The Morgan fingerprint density at radius 3 is 1.33 bits per heavy atom. The van der Waals surface area contributed by atoms with Crippen LogP contribution in [0.4, 0.5) is 44.1 Å². The molecule has 0 bridgehead atoms. The van der Waals surface area contributed by atoms with Crippen molar-refractivity contribution < 1.29 is 106 Å². The first-order valence-electron chi connectivity index (χ1n) is 46.7. The molecule has 3 amide bonds. The third-order valence-electron chi connectivity index (χ3n) is 20.2. The third-order valence-corrected chi connectivity index (χ3v) is 21.9. The quantitative estimate of drug-likeness (QED) is 0.0268. The maximum atomic E-state index is 14.0. The first kappa shape index (κ1) is 123. The number of rotatable bonds is 19. The number of carbonyl (C=O) groups excluding carboxylic acids is 3. The third kappa shape index (κ3) is 41.3. The molecule has 760 valence electrons. The van der Waals surface area contributed by atoms with Gasteiger partial charge in [0.25, 0.3) is 0 Å². The molecule has 11 N–H and O–H groups in total. The molecule has 0 unspecified atom stereocenters. The molecule has 0 radical (unpaired) electrons. The van der Waals surface area contributed by atoms with E-state index < -0.39 is 52.1 Å². The van der Waals surface area contributed by atoms with Gasteiger partial charge in [-0.3, -0.25) is 24.1 Å². The Morgan fingerprint density at radius 2 is 0.917 bits per heavy atom. The number of amides is 3. The average Bonchev–Trinajstić information content (AvgIpc) is 1.58. The minimum absolute atomic E-state index is 0. The number of benzene rings is 10. The van der Waals surface area contributed by atoms with Gasteiger partial charge in [0.15, 0.2) is 11.5 Å². The van der Waals surface area contributed by atoms with E-state index in [4.69, 9.17) is 84.4 Å². The summed E-state index contributed by atoms with van der Waals surface area (Å²) in [6.07, 6.45) is 6.98. The molecule has 15 rings (SSSR count). The number of aryl methyl sites for hydroxylation is 7. The molecule has 2 aliphatic heterocycles. The Hall–Kier alpha value is -11.9. The zero-order valence-electron chi connectivity index (χ0n) is 86.8. The zero-order chi connectivity index (χ0) is 106. The molecule has 0 saturated carbocycles. The van der Waals surface area contributed by atoms with Gasteiger partial charge >= 0.3 is 65.4 Å². The van der Waals surface area contributed by atoms with Crippen LogP contribution in [-0.2, 0) is 39.4 Å². The molecule has 0 atom stereocenters. The number of nitrogens with zero attached hydrogens (tertiary/aromatic N) is 9. The van der Waals surface area contributed by atoms with Crippen molar-refractivity contribution in [1.82, 2.24) is 29.1 Å². The van der Waals surface area contributed by atoms with E-state index in [1.165, 1.54) is 71.4 Å². The number of hydrogen-bond donors (Lipinski definition) is 9. The number of phenols is 1. The van der Waals surface area contributed by atoms with Crippen molar-refractivity contribution in [3.05, 3.63) is 314 Å². The van der Waals surface area contributed by atoms with E-state index in [2.05, 4.69) is 97.7 Å². The molecule has 30 nitrogen and oxygen atoms in total. The normalized spacial score (nSPS) is 11.4. The van der Waals surface area contributed by atoms with Crippen molar-refractivity contribution in [2.75, 3.05) is 53.5 Å². The van der Waals surface area contributed by atoms with Crippen LogP contribution >= 0.6 is 31.9 Å². The fourth-order valence-electron chi connectivity index (χ4n) is 13.1. The van der Waals surface area contributed by atoms with Crippen molar-refractivity contribution in [1.29, 1.82) is 0 Å².